The monoisotopic (exact) mass is 274 g/mol. The third-order valence-corrected chi connectivity index (χ3v) is 3.82. The van der Waals surface area contributed by atoms with Gasteiger partial charge in [-0.1, -0.05) is 6.92 Å². The highest BCUT2D eigenvalue weighted by Gasteiger charge is 2.31. The molecule has 0 N–H and O–H groups in total. The van der Waals surface area contributed by atoms with Crippen LogP contribution in [0.3, 0.4) is 0 Å². The van der Waals surface area contributed by atoms with Gasteiger partial charge in [0.1, 0.15) is 11.9 Å². The van der Waals surface area contributed by atoms with E-state index < -0.39 is 6.17 Å². The molecule has 2 heterocycles. The lowest BCUT2D eigenvalue weighted by Gasteiger charge is -2.32. The summed E-state index contributed by atoms with van der Waals surface area (Å²) in [7, 11) is 0. The van der Waals surface area contributed by atoms with Gasteiger partial charge in [-0.3, -0.25) is 0 Å². The first kappa shape index (κ1) is 13.7. The Morgan fingerprint density at radius 2 is 2.22 bits per heavy atom. The van der Waals surface area contributed by atoms with Crippen LogP contribution in [0.2, 0.25) is 0 Å². The van der Waals surface area contributed by atoms with Crippen molar-refractivity contribution in [1.29, 1.82) is 0 Å². The third kappa shape index (κ3) is 2.99. The second-order valence-electron chi connectivity index (χ2n) is 4.27. The maximum atomic E-state index is 13.4. The number of ether oxygens (including phenoxy) is 2. The maximum absolute atomic E-state index is 13.4. The molecule has 0 aromatic carbocycles. The van der Waals surface area contributed by atoms with E-state index in [2.05, 4.69) is 4.98 Å². The molecule has 1 atom stereocenters. The van der Waals surface area contributed by atoms with Gasteiger partial charge in [0, 0.05) is 11.9 Å². The first-order valence-corrected chi connectivity index (χ1v) is 7.17. The number of alkyl halides is 1. The first-order chi connectivity index (χ1) is 8.63. The van der Waals surface area contributed by atoms with Crippen molar-refractivity contribution in [3.05, 3.63) is 11.1 Å². The Balaban J connectivity index is 1.98. The van der Waals surface area contributed by atoms with Gasteiger partial charge >= 0.3 is 0 Å². The number of aromatic nitrogens is 1. The predicted octanol–water partition coefficient (Wildman–Crippen LogP) is 3.11. The van der Waals surface area contributed by atoms with Crippen molar-refractivity contribution in [3.8, 4) is 0 Å². The Hall–Kier alpha value is -0.720. The first-order valence-electron chi connectivity index (χ1n) is 6.29. The molecular weight excluding hydrogens is 255 g/mol. The van der Waals surface area contributed by atoms with Crippen molar-refractivity contribution in [2.45, 2.75) is 45.9 Å². The lowest BCUT2D eigenvalue weighted by molar-refractivity contribution is -0.383. The molecule has 1 aliphatic rings. The Morgan fingerprint density at radius 1 is 1.50 bits per heavy atom. The van der Waals surface area contributed by atoms with E-state index >= 15 is 0 Å². The Labute approximate surface area is 111 Å². The van der Waals surface area contributed by atoms with Crippen LogP contribution >= 0.6 is 11.3 Å². The molecular formula is C12H19FN2O2S. The van der Waals surface area contributed by atoms with Crippen LogP contribution in [0.5, 0.6) is 0 Å². The zero-order valence-corrected chi connectivity index (χ0v) is 11.7. The summed E-state index contributed by atoms with van der Waals surface area (Å²) >= 11 is 1.50. The van der Waals surface area contributed by atoms with Crippen LogP contribution in [-0.4, -0.2) is 30.5 Å². The van der Waals surface area contributed by atoms with Gasteiger partial charge in [-0.25, -0.2) is 9.37 Å². The standard InChI is InChI=1S/C12H19FN2O2S/c1-4-9(13)6-15(5-2)12-14-10(7-18-12)11-16-8(3)17-11/h7-9,11H,4-6H2,1-3H3. The number of thiazole rings is 1. The molecule has 0 amide bonds. The lowest BCUT2D eigenvalue weighted by Crippen LogP contribution is -2.32. The molecule has 18 heavy (non-hydrogen) atoms. The van der Waals surface area contributed by atoms with E-state index in [0.717, 1.165) is 17.4 Å². The Kier molecular flexibility index (Phi) is 4.53. The Bertz CT molecular complexity index is 382. The highest BCUT2D eigenvalue weighted by molar-refractivity contribution is 7.13. The normalized spacial score (nSPS) is 24.7. The summed E-state index contributed by atoms with van der Waals surface area (Å²) in [5.41, 5.74) is 0.776. The van der Waals surface area contributed by atoms with Crippen LogP contribution in [0.4, 0.5) is 9.52 Å². The van der Waals surface area contributed by atoms with Crippen LogP contribution in [-0.2, 0) is 9.47 Å². The lowest BCUT2D eigenvalue weighted by atomic mass is 10.3. The highest BCUT2D eigenvalue weighted by atomic mass is 32.1. The molecule has 1 aliphatic heterocycles. The van der Waals surface area contributed by atoms with Crippen molar-refractivity contribution in [2.24, 2.45) is 0 Å². The molecule has 1 aromatic rings. The quantitative estimate of drug-likeness (QED) is 0.798. The van der Waals surface area contributed by atoms with Gasteiger partial charge < -0.3 is 14.4 Å². The minimum atomic E-state index is -0.812. The molecule has 102 valence electrons. The van der Waals surface area contributed by atoms with E-state index in [1.807, 2.05) is 31.1 Å². The number of halogens is 1. The van der Waals surface area contributed by atoms with Gasteiger partial charge in [-0.15, -0.1) is 11.3 Å². The number of hydrogen-bond acceptors (Lipinski definition) is 5. The molecule has 0 spiro atoms. The largest absolute Gasteiger partial charge is 0.345 e. The fraction of sp³-hybridized carbons (Fsp3) is 0.750. The molecule has 0 saturated carbocycles. The summed E-state index contributed by atoms with van der Waals surface area (Å²) < 4.78 is 24.2. The minimum absolute atomic E-state index is 0.155. The molecule has 0 radical (unpaired) electrons. The average Bonchev–Trinajstić information content (AvgIpc) is 2.80. The van der Waals surface area contributed by atoms with E-state index in [1.165, 1.54) is 11.3 Å². The van der Waals surface area contributed by atoms with Crippen LogP contribution in [0.15, 0.2) is 5.38 Å². The van der Waals surface area contributed by atoms with Crippen molar-refractivity contribution < 1.29 is 13.9 Å². The fourth-order valence-electron chi connectivity index (χ4n) is 1.74. The molecule has 0 bridgehead atoms. The second kappa shape index (κ2) is 5.95. The van der Waals surface area contributed by atoms with Gasteiger partial charge in [0.15, 0.2) is 11.4 Å². The number of hydrogen-bond donors (Lipinski definition) is 0. The van der Waals surface area contributed by atoms with Crippen molar-refractivity contribution in [3.63, 3.8) is 0 Å². The second-order valence-corrected chi connectivity index (χ2v) is 5.11. The van der Waals surface area contributed by atoms with E-state index in [-0.39, 0.29) is 12.6 Å². The summed E-state index contributed by atoms with van der Waals surface area (Å²) in [6, 6.07) is 0. The molecule has 1 saturated heterocycles. The SMILES string of the molecule is CCC(F)CN(CC)c1nc(C2OC(C)O2)cs1. The van der Waals surface area contributed by atoms with Crippen LogP contribution in [0, 0.1) is 0 Å². The van der Waals surface area contributed by atoms with Crippen LogP contribution < -0.4 is 4.90 Å². The van der Waals surface area contributed by atoms with E-state index in [0.29, 0.717) is 13.0 Å². The Morgan fingerprint density at radius 3 is 2.78 bits per heavy atom. The van der Waals surface area contributed by atoms with Gasteiger partial charge in [-0.05, 0) is 20.3 Å². The number of anilines is 1. The van der Waals surface area contributed by atoms with E-state index in [9.17, 15) is 4.39 Å². The van der Waals surface area contributed by atoms with Crippen molar-refractivity contribution >= 4 is 16.5 Å². The average molecular weight is 274 g/mol. The molecule has 2 rings (SSSR count). The zero-order chi connectivity index (χ0) is 13.1. The molecule has 1 unspecified atom stereocenters. The minimum Gasteiger partial charge on any atom is -0.345 e. The maximum Gasteiger partial charge on any atom is 0.207 e. The van der Waals surface area contributed by atoms with Gasteiger partial charge in [-0.2, -0.15) is 0 Å². The summed E-state index contributed by atoms with van der Waals surface area (Å²) in [6.45, 7) is 6.83. The number of nitrogens with zero attached hydrogens (tertiary/aromatic N) is 2. The third-order valence-electron chi connectivity index (χ3n) is 2.90. The summed E-state index contributed by atoms with van der Waals surface area (Å²) in [4.78, 5) is 6.40. The van der Waals surface area contributed by atoms with E-state index in [1.54, 1.807) is 0 Å². The van der Waals surface area contributed by atoms with Gasteiger partial charge in [0.2, 0.25) is 6.29 Å². The van der Waals surface area contributed by atoms with Crippen molar-refractivity contribution in [2.75, 3.05) is 18.0 Å². The van der Waals surface area contributed by atoms with E-state index in [4.69, 9.17) is 9.47 Å². The highest BCUT2D eigenvalue weighted by Crippen LogP contribution is 2.34. The zero-order valence-electron chi connectivity index (χ0n) is 10.9. The van der Waals surface area contributed by atoms with Crippen LogP contribution in [0.25, 0.3) is 0 Å². The van der Waals surface area contributed by atoms with Crippen LogP contribution in [0.1, 0.15) is 39.2 Å². The molecule has 1 aromatic heterocycles. The summed E-state index contributed by atoms with van der Waals surface area (Å²) in [5, 5.41) is 2.74. The number of rotatable bonds is 6. The smallest absolute Gasteiger partial charge is 0.207 e. The summed E-state index contributed by atoms with van der Waals surface area (Å²) in [5.74, 6) is 0. The van der Waals surface area contributed by atoms with Crippen molar-refractivity contribution in [1.82, 2.24) is 4.98 Å². The molecule has 4 nitrogen and oxygen atoms in total. The predicted molar refractivity (Wildman–Crippen MR) is 69.6 cm³/mol. The topological polar surface area (TPSA) is 34.6 Å². The molecule has 0 aliphatic carbocycles. The molecule has 1 fully saturated rings. The van der Waals surface area contributed by atoms with Gasteiger partial charge in [0.25, 0.3) is 0 Å². The molecule has 6 heteroatoms. The fourth-order valence-corrected chi connectivity index (χ4v) is 2.64. The van der Waals surface area contributed by atoms with Gasteiger partial charge in [0.05, 0.1) is 6.54 Å². The summed E-state index contributed by atoms with van der Waals surface area (Å²) in [6.07, 6.45) is -0.788.